The van der Waals surface area contributed by atoms with Crippen molar-refractivity contribution < 1.29 is 32.4 Å². The molecule has 4 heterocycles. The van der Waals surface area contributed by atoms with E-state index in [1.807, 2.05) is 74.5 Å². The fraction of sp³-hybridized carbons (Fsp3) is 0.342. The number of amides is 4. The molecule has 0 spiro atoms. The summed E-state index contributed by atoms with van der Waals surface area (Å²) in [5, 5.41) is 8.74. The van der Waals surface area contributed by atoms with E-state index < -0.39 is 41.8 Å². The van der Waals surface area contributed by atoms with Crippen LogP contribution in [0.15, 0.2) is 80.2 Å². The van der Waals surface area contributed by atoms with Crippen molar-refractivity contribution in [3.8, 4) is 11.5 Å². The first kappa shape index (κ1) is 35.8. The smallest absolute Gasteiger partial charge is 0.274 e. The van der Waals surface area contributed by atoms with Crippen LogP contribution in [0.25, 0.3) is 11.5 Å². The highest BCUT2D eigenvalue weighted by Crippen LogP contribution is 2.25. The van der Waals surface area contributed by atoms with Crippen LogP contribution in [-0.4, -0.2) is 56.6 Å². The van der Waals surface area contributed by atoms with Crippen LogP contribution < -0.4 is 16.0 Å². The van der Waals surface area contributed by atoms with Gasteiger partial charge in [-0.2, -0.15) is 0 Å². The van der Waals surface area contributed by atoms with Gasteiger partial charge in [0.15, 0.2) is 11.4 Å². The quantitative estimate of drug-likeness (QED) is 0.212. The van der Waals surface area contributed by atoms with Gasteiger partial charge in [0.1, 0.15) is 29.9 Å². The van der Waals surface area contributed by atoms with Crippen LogP contribution in [0.4, 0.5) is 0 Å². The maximum absolute atomic E-state index is 14.2. The predicted octanol–water partition coefficient (Wildman–Crippen LogP) is 5.18. The van der Waals surface area contributed by atoms with E-state index in [1.165, 1.54) is 11.2 Å². The number of nitrogens with zero attached hydrogens (tertiary/aromatic N) is 4. The third kappa shape index (κ3) is 8.28. The van der Waals surface area contributed by atoms with Crippen molar-refractivity contribution in [2.24, 2.45) is 5.92 Å². The third-order valence-electron chi connectivity index (χ3n) is 8.67. The lowest BCUT2D eigenvalue weighted by molar-refractivity contribution is -0.136. The van der Waals surface area contributed by atoms with Crippen LogP contribution in [-0.2, 0) is 16.0 Å². The van der Waals surface area contributed by atoms with E-state index >= 15 is 0 Å². The number of carbonyl (C=O) groups excluding carboxylic acids is 4. The second-order valence-electron chi connectivity index (χ2n) is 13.2. The number of rotatable bonds is 6. The summed E-state index contributed by atoms with van der Waals surface area (Å²) in [7, 11) is 0. The summed E-state index contributed by atoms with van der Waals surface area (Å²) in [5.41, 5.74) is 1.89. The van der Waals surface area contributed by atoms with E-state index in [9.17, 15) is 19.2 Å². The van der Waals surface area contributed by atoms with Gasteiger partial charge < -0.3 is 34.1 Å². The lowest BCUT2D eigenvalue weighted by Crippen LogP contribution is -2.47. The van der Waals surface area contributed by atoms with Crippen LogP contribution in [0.5, 0.6) is 0 Å². The zero-order valence-corrected chi connectivity index (χ0v) is 29.6. The summed E-state index contributed by atoms with van der Waals surface area (Å²) in [4.78, 5) is 69.8. The number of hydrogen-bond acceptors (Lipinski definition) is 10. The number of carbonyl (C=O) groups is 4. The van der Waals surface area contributed by atoms with Gasteiger partial charge in [-0.25, -0.2) is 15.0 Å². The van der Waals surface area contributed by atoms with Crippen LogP contribution in [0, 0.1) is 19.8 Å². The molecule has 6 rings (SSSR count). The summed E-state index contributed by atoms with van der Waals surface area (Å²) in [6, 6.07) is 16.3. The predicted molar refractivity (Wildman–Crippen MR) is 188 cm³/mol. The zero-order valence-electron chi connectivity index (χ0n) is 29.6. The molecule has 0 radical (unpaired) electrons. The topological polar surface area (TPSA) is 186 Å². The molecular weight excluding hydrogens is 666 g/mol. The van der Waals surface area contributed by atoms with Crippen molar-refractivity contribution in [2.75, 3.05) is 13.1 Å². The molecule has 5 aromatic rings. The Morgan fingerprint density at radius 1 is 0.865 bits per heavy atom. The van der Waals surface area contributed by atoms with Crippen LogP contribution >= 0.6 is 0 Å². The van der Waals surface area contributed by atoms with Gasteiger partial charge in [-0.05, 0) is 50.8 Å². The number of nitrogens with one attached hydrogen (secondary N) is 3. The van der Waals surface area contributed by atoms with Crippen LogP contribution in [0.1, 0.15) is 101 Å². The van der Waals surface area contributed by atoms with Gasteiger partial charge in [-0.1, -0.05) is 62.4 Å². The monoisotopic (exact) mass is 707 g/mol. The highest BCUT2D eigenvalue weighted by atomic mass is 16.4. The van der Waals surface area contributed by atoms with Crippen LogP contribution in [0.3, 0.4) is 0 Å². The van der Waals surface area contributed by atoms with Gasteiger partial charge in [0, 0.05) is 12.1 Å². The molecule has 0 saturated heterocycles. The second kappa shape index (κ2) is 15.5. The van der Waals surface area contributed by atoms with Gasteiger partial charge in [0.25, 0.3) is 11.8 Å². The molecule has 52 heavy (non-hydrogen) atoms. The second-order valence-corrected chi connectivity index (χ2v) is 13.2. The van der Waals surface area contributed by atoms with Crippen molar-refractivity contribution in [1.82, 2.24) is 35.8 Å². The number of aryl methyl sites for hydroxylation is 2. The Morgan fingerprint density at radius 3 is 2.29 bits per heavy atom. The summed E-state index contributed by atoms with van der Waals surface area (Å²) in [5.74, 6) is -0.560. The Hall–Kier alpha value is -6.05. The molecule has 3 atom stereocenters. The number of oxazole rings is 3. The summed E-state index contributed by atoms with van der Waals surface area (Å²) < 4.78 is 17.4. The van der Waals surface area contributed by atoms with Gasteiger partial charge in [-0.15, -0.1) is 0 Å². The van der Waals surface area contributed by atoms with E-state index in [-0.39, 0.29) is 54.4 Å². The minimum Gasteiger partial charge on any atom is -0.446 e. The number of aromatic nitrogens is 3. The molecule has 0 unspecified atom stereocenters. The minimum absolute atomic E-state index is 0.00687. The van der Waals surface area contributed by atoms with Crippen molar-refractivity contribution in [3.63, 3.8) is 0 Å². The standard InChI is InChI=1S/C38H41N7O7/c1-21(2)16-28-38-43-30(20-50-38)34(48)39-22(3)36-44-33(24(5)52-36)35(49)41-29(25-12-8-6-9-13-25)18-45(19-31(46)40-28)32(47)17-27-23(4)51-37(42-27)26-14-10-7-11-15-26/h6-15,20-22,28-29H,16-19H2,1-5H3,(H,39,48)(H,40,46)(H,41,49)/t22-,28+,29+/m0/s1. The first-order valence-corrected chi connectivity index (χ1v) is 17.1. The molecular formula is C38H41N7O7. The molecule has 14 heteroatoms. The van der Waals surface area contributed by atoms with E-state index in [1.54, 1.807) is 20.8 Å². The molecule has 1 aliphatic rings. The average molecular weight is 708 g/mol. The largest absolute Gasteiger partial charge is 0.446 e. The van der Waals surface area contributed by atoms with Crippen molar-refractivity contribution in [3.05, 3.63) is 113 Å². The summed E-state index contributed by atoms with van der Waals surface area (Å²) in [6.45, 7) is 8.53. The molecule has 4 bridgehead atoms. The molecule has 2 aromatic carbocycles. The number of benzene rings is 2. The van der Waals surface area contributed by atoms with Crippen LogP contribution in [0.2, 0.25) is 0 Å². The molecule has 14 nitrogen and oxygen atoms in total. The van der Waals surface area contributed by atoms with Crippen molar-refractivity contribution in [2.45, 2.75) is 65.6 Å². The molecule has 0 saturated carbocycles. The third-order valence-corrected chi connectivity index (χ3v) is 8.67. The van der Waals surface area contributed by atoms with Gasteiger partial charge in [0.2, 0.25) is 29.5 Å². The van der Waals surface area contributed by atoms with Gasteiger partial charge in [-0.3, -0.25) is 19.2 Å². The highest BCUT2D eigenvalue weighted by Gasteiger charge is 2.31. The Kier molecular flexibility index (Phi) is 10.6. The fourth-order valence-electron chi connectivity index (χ4n) is 5.98. The molecule has 270 valence electrons. The highest BCUT2D eigenvalue weighted by molar-refractivity contribution is 5.94. The molecule has 4 amide bonds. The SMILES string of the molecule is Cc1oc(-c2ccccc2)nc1CC(=O)N1CC(=O)N[C@H](CC(C)C)c2nc(co2)C(=O)N[C@@H](C)c2nc(c(C)o2)C(=O)N[C@@H](c2ccccc2)C1. The molecule has 1 aliphatic heterocycles. The maximum atomic E-state index is 14.2. The Bertz CT molecular complexity index is 2050. The van der Waals surface area contributed by atoms with E-state index in [0.717, 1.165) is 5.56 Å². The minimum atomic E-state index is -0.764. The summed E-state index contributed by atoms with van der Waals surface area (Å²) >= 11 is 0. The number of hydrogen-bond donors (Lipinski definition) is 3. The molecule has 3 N–H and O–H groups in total. The Labute approximate surface area is 300 Å². The van der Waals surface area contributed by atoms with E-state index in [4.69, 9.17) is 13.3 Å². The molecule has 3 aromatic heterocycles. The average Bonchev–Trinajstić information content (AvgIpc) is 3.86. The lowest BCUT2D eigenvalue weighted by Gasteiger charge is -2.29. The first-order valence-electron chi connectivity index (χ1n) is 17.1. The van der Waals surface area contributed by atoms with Gasteiger partial charge in [0.05, 0.1) is 24.7 Å². The molecule has 0 aliphatic carbocycles. The zero-order chi connectivity index (χ0) is 36.9. The Morgan fingerprint density at radius 2 is 1.58 bits per heavy atom. The maximum Gasteiger partial charge on any atom is 0.274 e. The van der Waals surface area contributed by atoms with E-state index in [2.05, 4.69) is 30.9 Å². The number of fused-ring (bicyclic) bond motifs is 4. The lowest BCUT2D eigenvalue weighted by atomic mass is 10.0. The summed E-state index contributed by atoms with van der Waals surface area (Å²) in [6.07, 6.45) is 1.50. The normalized spacial score (nSPS) is 18.7. The van der Waals surface area contributed by atoms with E-state index in [0.29, 0.717) is 29.3 Å². The first-order chi connectivity index (χ1) is 24.9. The Balaban J connectivity index is 1.38. The van der Waals surface area contributed by atoms with Gasteiger partial charge >= 0.3 is 0 Å². The molecule has 0 fully saturated rings. The fourth-order valence-corrected chi connectivity index (χ4v) is 5.98. The van der Waals surface area contributed by atoms with Crippen molar-refractivity contribution in [1.29, 1.82) is 0 Å². The van der Waals surface area contributed by atoms with Crippen molar-refractivity contribution >= 4 is 23.6 Å².